The lowest BCUT2D eigenvalue weighted by molar-refractivity contribution is 0.361. The van der Waals surface area contributed by atoms with Crippen LogP contribution >= 0.6 is 12.6 Å². The monoisotopic (exact) mass is 184 g/mol. The number of likely N-dealkylation sites (N-methyl/N-ethyl adjacent to an activating group) is 1. The molecule has 1 aromatic rings. The van der Waals surface area contributed by atoms with E-state index in [1.54, 1.807) is 0 Å². The van der Waals surface area contributed by atoms with Gasteiger partial charge < -0.3 is 9.88 Å². The van der Waals surface area contributed by atoms with Crippen LogP contribution in [0.5, 0.6) is 0 Å². The molecule has 1 rings (SSSR count). The van der Waals surface area contributed by atoms with Crippen LogP contribution in [-0.4, -0.2) is 35.8 Å². The average molecular weight is 184 g/mol. The van der Waals surface area contributed by atoms with Gasteiger partial charge in [-0.3, -0.25) is 0 Å². The Morgan fingerprint density at radius 3 is 2.92 bits per heavy atom. The molecule has 0 aliphatic heterocycles. The molecule has 3 heteroatoms. The molecule has 68 valence electrons. The fourth-order valence-electron chi connectivity index (χ4n) is 1.12. The largest absolute Gasteiger partial charge is 0.367 e. The second kappa shape index (κ2) is 5.27. The zero-order valence-corrected chi connectivity index (χ0v) is 8.35. The van der Waals surface area contributed by atoms with Gasteiger partial charge in [0.15, 0.2) is 0 Å². The Hall–Kier alpha value is -0.410. The van der Waals surface area contributed by atoms with Gasteiger partial charge >= 0.3 is 0 Å². The Morgan fingerprint density at radius 1 is 1.50 bits per heavy atom. The van der Waals surface area contributed by atoms with Crippen molar-refractivity contribution in [3.63, 3.8) is 0 Å². The summed E-state index contributed by atoms with van der Waals surface area (Å²) in [5.41, 5.74) is 1.38. The summed E-state index contributed by atoms with van der Waals surface area (Å²) in [6.07, 6.45) is 5.14. The Balaban J connectivity index is 2.17. The summed E-state index contributed by atoms with van der Waals surface area (Å²) in [5, 5.41) is 0. The van der Waals surface area contributed by atoms with Gasteiger partial charge in [0.1, 0.15) is 0 Å². The molecule has 0 spiro atoms. The van der Waals surface area contributed by atoms with Crippen LogP contribution in [0, 0.1) is 0 Å². The molecule has 0 fully saturated rings. The number of nitrogens with one attached hydrogen (secondary N) is 1. The predicted molar refractivity (Wildman–Crippen MR) is 55.8 cm³/mol. The summed E-state index contributed by atoms with van der Waals surface area (Å²) in [6.45, 7) is 2.17. The lowest BCUT2D eigenvalue weighted by Gasteiger charge is -2.13. The third-order valence-electron chi connectivity index (χ3n) is 1.93. The van der Waals surface area contributed by atoms with E-state index in [-0.39, 0.29) is 0 Å². The first kappa shape index (κ1) is 9.68. The zero-order valence-electron chi connectivity index (χ0n) is 7.45. The molecule has 1 aromatic heterocycles. The third-order valence-corrected chi connectivity index (χ3v) is 2.13. The van der Waals surface area contributed by atoms with Crippen molar-refractivity contribution in [3.05, 3.63) is 24.0 Å². The van der Waals surface area contributed by atoms with Crippen LogP contribution in [0.4, 0.5) is 0 Å². The summed E-state index contributed by atoms with van der Waals surface area (Å²) < 4.78 is 0. The summed E-state index contributed by atoms with van der Waals surface area (Å²) in [5.74, 6) is 0.934. The molecule has 12 heavy (non-hydrogen) atoms. The van der Waals surface area contributed by atoms with E-state index in [1.807, 2.05) is 6.20 Å². The topological polar surface area (TPSA) is 19.0 Å². The Bertz CT molecular complexity index is 196. The van der Waals surface area contributed by atoms with Crippen molar-refractivity contribution >= 4 is 12.6 Å². The minimum Gasteiger partial charge on any atom is -0.367 e. The molecule has 0 radical (unpaired) electrons. The first-order valence-corrected chi connectivity index (χ1v) is 4.87. The average Bonchev–Trinajstić information content (AvgIpc) is 2.53. The second-order valence-corrected chi connectivity index (χ2v) is 3.44. The Kier molecular flexibility index (Phi) is 4.25. The maximum atomic E-state index is 4.18. The first-order chi connectivity index (χ1) is 5.83. The summed E-state index contributed by atoms with van der Waals surface area (Å²) >= 11 is 4.18. The van der Waals surface area contributed by atoms with Crippen LogP contribution in [-0.2, 0) is 6.42 Å². The van der Waals surface area contributed by atoms with Crippen LogP contribution in [0.25, 0.3) is 0 Å². The molecule has 0 saturated carbocycles. The van der Waals surface area contributed by atoms with Crippen molar-refractivity contribution < 1.29 is 0 Å². The number of aromatic amines is 1. The molecule has 0 aliphatic carbocycles. The van der Waals surface area contributed by atoms with E-state index in [2.05, 4.69) is 41.8 Å². The van der Waals surface area contributed by atoms with Crippen LogP contribution < -0.4 is 0 Å². The second-order valence-electron chi connectivity index (χ2n) is 3.00. The lowest BCUT2D eigenvalue weighted by Crippen LogP contribution is -2.23. The Morgan fingerprint density at radius 2 is 2.33 bits per heavy atom. The highest BCUT2D eigenvalue weighted by molar-refractivity contribution is 7.80. The van der Waals surface area contributed by atoms with Crippen LogP contribution in [0.1, 0.15) is 5.56 Å². The number of nitrogens with zero attached hydrogens (tertiary/aromatic N) is 1. The summed E-state index contributed by atoms with van der Waals surface area (Å²) in [7, 11) is 2.13. The van der Waals surface area contributed by atoms with Crippen molar-refractivity contribution in [2.75, 3.05) is 25.9 Å². The van der Waals surface area contributed by atoms with Crippen LogP contribution in [0.3, 0.4) is 0 Å². The highest BCUT2D eigenvalue weighted by Gasteiger charge is 1.97. The normalized spacial score (nSPS) is 10.9. The molecule has 0 atom stereocenters. The van der Waals surface area contributed by atoms with E-state index < -0.39 is 0 Å². The van der Waals surface area contributed by atoms with Gasteiger partial charge in [-0.05, 0) is 25.1 Å². The van der Waals surface area contributed by atoms with E-state index in [0.717, 1.165) is 25.3 Å². The minimum absolute atomic E-state index is 0.934. The van der Waals surface area contributed by atoms with Crippen molar-refractivity contribution in [2.45, 2.75) is 6.42 Å². The minimum atomic E-state index is 0.934. The van der Waals surface area contributed by atoms with Crippen molar-refractivity contribution in [3.8, 4) is 0 Å². The van der Waals surface area contributed by atoms with Gasteiger partial charge in [0.2, 0.25) is 0 Å². The van der Waals surface area contributed by atoms with E-state index >= 15 is 0 Å². The van der Waals surface area contributed by atoms with E-state index in [0.29, 0.717) is 0 Å². The van der Waals surface area contributed by atoms with Gasteiger partial charge in [-0.15, -0.1) is 0 Å². The van der Waals surface area contributed by atoms with Crippen LogP contribution in [0.2, 0.25) is 0 Å². The SMILES string of the molecule is CN(CCS)CCc1cc[nH]c1. The Labute approximate surface area is 79.4 Å². The number of H-pyrrole nitrogens is 1. The van der Waals surface area contributed by atoms with Gasteiger partial charge in [-0.1, -0.05) is 0 Å². The highest BCUT2D eigenvalue weighted by atomic mass is 32.1. The molecular formula is C9H16N2S. The first-order valence-electron chi connectivity index (χ1n) is 4.24. The summed E-state index contributed by atoms with van der Waals surface area (Å²) in [4.78, 5) is 5.34. The quantitative estimate of drug-likeness (QED) is 0.663. The van der Waals surface area contributed by atoms with Gasteiger partial charge in [-0.25, -0.2) is 0 Å². The van der Waals surface area contributed by atoms with Crippen molar-refractivity contribution in [2.24, 2.45) is 0 Å². The number of rotatable bonds is 5. The maximum Gasteiger partial charge on any atom is 0.00669 e. The summed E-state index contributed by atoms with van der Waals surface area (Å²) in [6, 6.07) is 2.12. The lowest BCUT2D eigenvalue weighted by atomic mass is 10.2. The zero-order chi connectivity index (χ0) is 8.81. The van der Waals surface area contributed by atoms with Gasteiger partial charge in [-0.2, -0.15) is 12.6 Å². The molecule has 1 N–H and O–H groups in total. The van der Waals surface area contributed by atoms with Gasteiger partial charge in [0.25, 0.3) is 0 Å². The number of thiol groups is 1. The molecule has 0 amide bonds. The smallest absolute Gasteiger partial charge is 0.00669 e. The van der Waals surface area contributed by atoms with E-state index in [9.17, 15) is 0 Å². The molecule has 0 bridgehead atoms. The molecule has 0 aromatic carbocycles. The predicted octanol–water partition coefficient (Wildman–Crippen LogP) is 1.42. The highest BCUT2D eigenvalue weighted by Crippen LogP contribution is 1.98. The third kappa shape index (κ3) is 3.32. The van der Waals surface area contributed by atoms with Crippen molar-refractivity contribution in [1.82, 2.24) is 9.88 Å². The number of aromatic nitrogens is 1. The fraction of sp³-hybridized carbons (Fsp3) is 0.556. The van der Waals surface area contributed by atoms with E-state index in [4.69, 9.17) is 0 Å². The molecular weight excluding hydrogens is 168 g/mol. The molecule has 1 heterocycles. The van der Waals surface area contributed by atoms with Crippen molar-refractivity contribution in [1.29, 1.82) is 0 Å². The fourth-order valence-corrected chi connectivity index (χ4v) is 1.46. The van der Waals surface area contributed by atoms with E-state index in [1.165, 1.54) is 5.56 Å². The standard InChI is InChI=1S/C9H16N2S/c1-11(6-7-12)5-3-9-2-4-10-8-9/h2,4,8,10,12H,3,5-7H2,1H3. The van der Waals surface area contributed by atoms with Gasteiger partial charge in [0, 0.05) is 31.2 Å². The maximum absolute atomic E-state index is 4.18. The number of hydrogen-bond donors (Lipinski definition) is 2. The molecule has 0 aliphatic rings. The molecule has 0 unspecified atom stereocenters. The van der Waals surface area contributed by atoms with Gasteiger partial charge in [0.05, 0.1) is 0 Å². The molecule has 2 nitrogen and oxygen atoms in total. The number of hydrogen-bond acceptors (Lipinski definition) is 2. The van der Waals surface area contributed by atoms with Crippen LogP contribution in [0.15, 0.2) is 18.5 Å². The molecule has 0 saturated heterocycles.